The van der Waals surface area contributed by atoms with Crippen LogP contribution in [0.25, 0.3) is 0 Å². The minimum atomic E-state index is -1.55. The van der Waals surface area contributed by atoms with Crippen LogP contribution in [-0.2, 0) is 56.0 Å². The Morgan fingerprint density at radius 3 is 1.48 bits per heavy atom. The first-order valence-corrected chi connectivity index (χ1v) is 21.3. The van der Waals surface area contributed by atoms with Crippen LogP contribution < -0.4 is 37.2 Å². The first-order chi connectivity index (χ1) is 30.5. The van der Waals surface area contributed by atoms with Gasteiger partial charge in [0.2, 0.25) is 29.5 Å². The highest BCUT2D eigenvalue weighted by Crippen LogP contribution is 2.10. The van der Waals surface area contributed by atoms with Crippen LogP contribution in [0.2, 0.25) is 0 Å². The molecule has 0 aliphatic heterocycles. The molecule has 2 aromatic rings. The molecule has 0 saturated heterocycles. The largest absolute Gasteiger partial charge is 0.481 e. The number of aliphatic carboxylic acids is 3. The van der Waals surface area contributed by atoms with Crippen molar-refractivity contribution >= 4 is 59.3 Å². The van der Waals surface area contributed by atoms with Crippen LogP contribution >= 0.6 is 0 Å². The fourth-order valence-corrected chi connectivity index (χ4v) is 6.22. The van der Waals surface area contributed by atoms with Crippen molar-refractivity contribution in [3.05, 3.63) is 71.8 Å². The smallest absolute Gasteiger partial charge is 0.326 e. The number of unbranched alkanes of at least 4 members (excludes halogenated alkanes) is 4. The minimum Gasteiger partial charge on any atom is -0.481 e. The van der Waals surface area contributed by atoms with Gasteiger partial charge in [-0.3, -0.25) is 28.8 Å². The Hall–Kier alpha value is -6.86. The zero-order valence-electron chi connectivity index (χ0n) is 36.0. The van der Waals surface area contributed by atoms with Crippen molar-refractivity contribution in [1.29, 1.82) is 0 Å². The molecule has 4 atom stereocenters. The summed E-state index contributed by atoms with van der Waals surface area (Å²) in [7, 11) is 0. The predicted molar refractivity (Wildman–Crippen MR) is 231 cm³/mol. The van der Waals surface area contributed by atoms with E-state index in [2.05, 4.69) is 31.9 Å². The van der Waals surface area contributed by atoms with Crippen LogP contribution in [0.15, 0.2) is 60.7 Å². The lowest BCUT2D eigenvalue weighted by Crippen LogP contribution is -2.55. The number of hydrogen-bond donors (Lipinski definition) is 10. The number of nitrogens with one attached hydrogen (secondary N) is 7. The molecule has 0 fully saturated rings. The van der Waals surface area contributed by atoms with E-state index >= 15 is 0 Å². The summed E-state index contributed by atoms with van der Waals surface area (Å²) in [6.45, 7) is 1.91. The zero-order chi connectivity index (χ0) is 47.3. The van der Waals surface area contributed by atoms with Gasteiger partial charge in [-0.05, 0) is 43.7 Å². The number of urea groups is 1. The predicted octanol–water partition coefficient (Wildman–Crippen LogP) is 1.35. The van der Waals surface area contributed by atoms with E-state index in [0.29, 0.717) is 32.2 Å². The van der Waals surface area contributed by atoms with Crippen molar-refractivity contribution in [2.45, 2.75) is 121 Å². The molecule has 0 bridgehead atoms. The van der Waals surface area contributed by atoms with Crippen LogP contribution in [-0.4, -0.2) is 118 Å². The third-order valence-corrected chi connectivity index (χ3v) is 9.72. The molecule has 10 N–H and O–H groups in total. The Morgan fingerprint density at radius 1 is 0.453 bits per heavy atom. The van der Waals surface area contributed by atoms with Gasteiger partial charge in [-0.15, -0.1) is 0 Å². The third kappa shape index (κ3) is 24.0. The lowest BCUT2D eigenvalue weighted by atomic mass is 10.0. The highest BCUT2D eigenvalue weighted by Gasteiger charge is 2.28. The van der Waals surface area contributed by atoms with Gasteiger partial charge in [0.15, 0.2) is 0 Å². The summed E-state index contributed by atoms with van der Waals surface area (Å²) in [5, 5.41) is 45.2. The Labute approximate surface area is 371 Å². The summed E-state index contributed by atoms with van der Waals surface area (Å²) in [6, 6.07) is 12.0. The maximum Gasteiger partial charge on any atom is 0.326 e. The number of carboxylic acids is 3. The van der Waals surface area contributed by atoms with Crippen LogP contribution in [0.3, 0.4) is 0 Å². The molecular formula is C44H61N7O13. The van der Waals surface area contributed by atoms with Gasteiger partial charge in [0.05, 0.1) is 0 Å². The number of Topliss-reactive ketones (excluding diaryl/α,β-unsaturated/α-hetero) is 1. The molecular weight excluding hydrogens is 835 g/mol. The number of carbonyl (C=O) groups excluding carboxylic acids is 7. The number of benzene rings is 2. The highest BCUT2D eigenvalue weighted by molar-refractivity contribution is 5.92. The van der Waals surface area contributed by atoms with Gasteiger partial charge in [-0.1, -0.05) is 79.9 Å². The molecule has 2 aromatic carbocycles. The standard InChI is InChI=1S/C44H61N7O13/c1-29(52)18-21-36(53)46-25-26-47-40(58)34(27-30-13-7-5-8-14-30)49-41(59)35(28-31-15-9-6-10-16-31)48-38(55)17-11-3-2-4-12-24-45-37(54)22-19-32(42(60)61)50-44(64)51-33(43(62)63)20-23-39(56)57/h5-10,13-16,32-35H,2-4,11-12,17-28H2,1H3,(H,45,54)(H,46,53)(H,47,58)(H,48,55)(H,49,59)(H,56,57)(H,60,61)(H,62,63)(H2,50,51,64). The van der Waals surface area contributed by atoms with Crippen LogP contribution in [0.5, 0.6) is 0 Å². The van der Waals surface area contributed by atoms with E-state index in [1.54, 1.807) is 0 Å². The molecule has 4 unspecified atom stereocenters. The number of ketones is 1. The second-order valence-electron chi connectivity index (χ2n) is 15.1. The molecule has 20 heteroatoms. The van der Waals surface area contributed by atoms with Crippen LogP contribution in [0, 0.1) is 0 Å². The number of hydrogen-bond acceptors (Lipinski definition) is 10. The van der Waals surface area contributed by atoms with E-state index in [9.17, 15) is 58.2 Å². The topological polar surface area (TPSA) is 316 Å². The molecule has 64 heavy (non-hydrogen) atoms. The Morgan fingerprint density at radius 2 is 0.938 bits per heavy atom. The van der Waals surface area contributed by atoms with Crippen molar-refractivity contribution < 1.29 is 63.3 Å². The molecule has 350 valence electrons. The average molecular weight is 896 g/mol. The van der Waals surface area contributed by atoms with Gasteiger partial charge in [-0.25, -0.2) is 14.4 Å². The van der Waals surface area contributed by atoms with Gasteiger partial charge in [0, 0.05) is 64.6 Å². The summed E-state index contributed by atoms with van der Waals surface area (Å²) < 4.78 is 0. The summed E-state index contributed by atoms with van der Waals surface area (Å²) in [6.07, 6.45) is 2.41. The van der Waals surface area contributed by atoms with E-state index in [-0.39, 0.29) is 75.6 Å². The van der Waals surface area contributed by atoms with E-state index < -0.39 is 78.7 Å². The Bertz CT molecular complexity index is 1860. The van der Waals surface area contributed by atoms with E-state index in [4.69, 9.17) is 5.11 Å². The SMILES string of the molecule is CC(=O)CCC(=O)NCCNC(=O)C(Cc1ccccc1)NC(=O)C(Cc1ccccc1)NC(=O)CCCCCCCNC(=O)CCC(NC(=O)NC(CCC(=O)O)C(=O)O)C(=O)O. The van der Waals surface area contributed by atoms with Gasteiger partial charge in [0.1, 0.15) is 30.0 Å². The second-order valence-corrected chi connectivity index (χ2v) is 15.1. The van der Waals surface area contributed by atoms with Gasteiger partial charge in [-0.2, -0.15) is 0 Å². The highest BCUT2D eigenvalue weighted by atomic mass is 16.4. The van der Waals surface area contributed by atoms with Gasteiger partial charge < -0.3 is 57.3 Å². The molecule has 0 aliphatic rings. The molecule has 0 aliphatic carbocycles. The summed E-state index contributed by atoms with van der Waals surface area (Å²) in [4.78, 5) is 122. The van der Waals surface area contributed by atoms with Crippen molar-refractivity contribution in [2.75, 3.05) is 19.6 Å². The Balaban J connectivity index is 1.83. The lowest BCUT2D eigenvalue weighted by molar-refractivity contribution is -0.141. The van der Waals surface area contributed by atoms with E-state index in [1.165, 1.54) is 6.92 Å². The number of carbonyl (C=O) groups is 10. The van der Waals surface area contributed by atoms with Crippen molar-refractivity contribution in [3.63, 3.8) is 0 Å². The van der Waals surface area contributed by atoms with Crippen molar-refractivity contribution in [3.8, 4) is 0 Å². The van der Waals surface area contributed by atoms with Crippen LogP contribution in [0.1, 0.15) is 95.1 Å². The first-order valence-electron chi connectivity index (χ1n) is 21.3. The Kier molecular flexibility index (Phi) is 25.2. The monoisotopic (exact) mass is 895 g/mol. The quantitative estimate of drug-likeness (QED) is 0.0465. The molecule has 0 heterocycles. The summed E-state index contributed by atoms with van der Waals surface area (Å²) in [5.41, 5.74) is 1.59. The second kappa shape index (κ2) is 30.2. The van der Waals surface area contributed by atoms with Gasteiger partial charge in [0.25, 0.3) is 0 Å². The molecule has 0 spiro atoms. The summed E-state index contributed by atoms with van der Waals surface area (Å²) >= 11 is 0. The maximum atomic E-state index is 13.8. The number of carboxylic acid groups (broad SMARTS) is 3. The maximum absolute atomic E-state index is 13.8. The molecule has 7 amide bonds. The molecule has 0 radical (unpaired) electrons. The number of rotatable bonds is 32. The molecule has 0 aromatic heterocycles. The zero-order valence-corrected chi connectivity index (χ0v) is 36.0. The van der Waals surface area contributed by atoms with E-state index in [0.717, 1.165) is 17.5 Å². The summed E-state index contributed by atoms with van der Waals surface area (Å²) in [5.74, 6) is -6.47. The molecule has 0 saturated carbocycles. The van der Waals surface area contributed by atoms with Gasteiger partial charge >= 0.3 is 23.9 Å². The van der Waals surface area contributed by atoms with Crippen molar-refractivity contribution in [1.82, 2.24) is 37.2 Å². The fraction of sp³-hybridized carbons (Fsp3) is 0.500. The average Bonchev–Trinajstić information content (AvgIpc) is 3.25. The lowest BCUT2D eigenvalue weighted by Gasteiger charge is -2.24. The van der Waals surface area contributed by atoms with E-state index in [1.807, 2.05) is 66.0 Å². The first kappa shape index (κ1) is 53.3. The molecule has 2 rings (SSSR count). The normalized spacial score (nSPS) is 12.5. The van der Waals surface area contributed by atoms with Crippen molar-refractivity contribution in [2.24, 2.45) is 0 Å². The van der Waals surface area contributed by atoms with Crippen LogP contribution in [0.4, 0.5) is 4.79 Å². The molecule has 20 nitrogen and oxygen atoms in total. The minimum absolute atomic E-state index is 0.0452. The number of amides is 7. The third-order valence-electron chi connectivity index (χ3n) is 9.72. The fourth-order valence-electron chi connectivity index (χ4n) is 6.22.